The number of hydrogen-bond donors (Lipinski definition) is 1. The maximum Gasteiger partial charge on any atom is 0.302 e. The lowest BCUT2D eigenvalue weighted by Crippen LogP contribution is -2.05. The maximum absolute atomic E-state index is 10.5. The summed E-state index contributed by atoms with van der Waals surface area (Å²) in [6.45, 7) is 1.66. The molecule has 0 saturated heterocycles. The van der Waals surface area contributed by atoms with Gasteiger partial charge in [-0.05, 0) is 11.6 Å². The Bertz CT molecular complexity index is 363. The van der Waals surface area contributed by atoms with E-state index in [9.17, 15) is 4.79 Å². The molecule has 5 heteroatoms. The van der Waals surface area contributed by atoms with Crippen LogP contribution in [0.3, 0.4) is 0 Å². The second-order valence-corrected chi connectivity index (χ2v) is 2.88. The highest BCUT2D eigenvalue weighted by Crippen LogP contribution is 2.04. The topological polar surface area (TPSA) is 71.8 Å². The monoisotopic (exact) mass is 208 g/mol. The Labute approximate surface area is 87.4 Å². The van der Waals surface area contributed by atoms with Crippen molar-refractivity contribution in [3.8, 4) is 0 Å². The highest BCUT2D eigenvalue weighted by atomic mass is 16.5. The first-order valence-corrected chi connectivity index (χ1v) is 4.48. The van der Waals surface area contributed by atoms with Crippen molar-refractivity contribution >= 4 is 12.2 Å². The van der Waals surface area contributed by atoms with Gasteiger partial charge in [-0.3, -0.25) is 9.78 Å². The molecule has 0 saturated carbocycles. The van der Waals surface area contributed by atoms with Gasteiger partial charge in [0.15, 0.2) is 0 Å². The van der Waals surface area contributed by atoms with Gasteiger partial charge in [0.1, 0.15) is 0 Å². The number of pyridine rings is 1. The molecule has 1 rings (SSSR count). The normalized spacial score (nSPS) is 10.5. The predicted octanol–water partition coefficient (Wildman–Crippen LogP) is 0.995. The molecule has 0 unspecified atom stereocenters. The summed E-state index contributed by atoms with van der Waals surface area (Å²) >= 11 is 0. The average molecular weight is 208 g/mol. The van der Waals surface area contributed by atoms with E-state index in [0.29, 0.717) is 18.7 Å². The number of rotatable bonds is 4. The molecule has 80 valence electrons. The van der Waals surface area contributed by atoms with Gasteiger partial charge < -0.3 is 9.94 Å². The van der Waals surface area contributed by atoms with Crippen LogP contribution in [0.4, 0.5) is 0 Å². The van der Waals surface area contributed by atoms with Gasteiger partial charge in [0.25, 0.3) is 0 Å². The van der Waals surface area contributed by atoms with Crippen molar-refractivity contribution in [1.82, 2.24) is 4.98 Å². The highest BCUT2D eigenvalue weighted by Gasteiger charge is 2.01. The fourth-order valence-electron chi connectivity index (χ4n) is 1.14. The number of aromatic nitrogens is 1. The van der Waals surface area contributed by atoms with E-state index in [2.05, 4.69) is 10.1 Å². The molecule has 0 aliphatic heterocycles. The Balaban J connectivity index is 2.63. The Morgan fingerprint density at radius 1 is 1.73 bits per heavy atom. The standard InChI is InChI=1S/C10H12N2O3/c1-8(13)15-6-4-9-3-2-5-11-10(9)7-12-14/h2-3,5,7,14H,4,6H2,1H3. The minimum atomic E-state index is -0.309. The number of oxime groups is 1. The average Bonchev–Trinajstić information content (AvgIpc) is 2.20. The summed E-state index contributed by atoms with van der Waals surface area (Å²) in [6.07, 6.45) is 3.41. The van der Waals surface area contributed by atoms with Crippen molar-refractivity contribution in [1.29, 1.82) is 0 Å². The molecule has 0 bridgehead atoms. The first-order chi connectivity index (χ1) is 7.24. The van der Waals surface area contributed by atoms with Crippen LogP contribution in [0.5, 0.6) is 0 Å². The molecule has 0 atom stereocenters. The number of carbonyl (C=O) groups excluding carboxylic acids is 1. The fraction of sp³-hybridized carbons (Fsp3) is 0.300. The zero-order chi connectivity index (χ0) is 11.1. The predicted molar refractivity (Wildman–Crippen MR) is 54.0 cm³/mol. The fourth-order valence-corrected chi connectivity index (χ4v) is 1.14. The van der Waals surface area contributed by atoms with Crippen LogP contribution in [-0.4, -0.2) is 29.0 Å². The Kier molecular flexibility index (Phi) is 4.28. The van der Waals surface area contributed by atoms with Crippen molar-refractivity contribution < 1.29 is 14.7 Å². The van der Waals surface area contributed by atoms with E-state index < -0.39 is 0 Å². The van der Waals surface area contributed by atoms with Gasteiger partial charge in [0.05, 0.1) is 18.5 Å². The van der Waals surface area contributed by atoms with E-state index in [1.54, 1.807) is 12.3 Å². The summed E-state index contributed by atoms with van der Waals surface area (Å²) in [6, 6.07) is 3.62. The van der Waals surface area contributed by atoms with Crippen LogP contribution in [0.1, 0.15) is 18.2 Å². The molecule has 1 aromatic rings. The van der Waals surface area contributed by atoms with Gasteiger partial charge >= 0.3 is 5.97 Å². The lowest BCUT2D eigenvalue weighted by Gasteiger charge is -2.04. The lowest BCUT2D eigenvalue weighted by atomic mass is 10.1. The maximum atomic E-state index is 10.5. The Hall–Kier alpha value is -1.91. The van der Waals surface area contributed by atoms with Gasteiger partial charge in [-0.25, -0.2) is 0 Å². The zero-order valence-corrected chi connectivity index (χ0v) is 8.38. The molecule has 0 amide bonds. The van der Waals surface area contributed by atoms with Crippen LogP contribution < -0.4 is 0 Å². The van der Waals surface area contributed by atoms with Gasteiger partial charge in [0, 0.05) is 19.5 Å². The van der Waals surface area contributed by atoms with Gasteiger partial charge in [-0.2, -0.15) is 0 Å². The number of esters is 1. The molecule has 15 heavy (non-hydrogen) atoms. The van der Waals surface area contributed by atoms with Crippen LogP contribution in [0.2, 0.25) is 0 Å². The Morgan fingerprint density at radius 3 is 3.20 bits per heavy atom. The van der Waals surface area contributed by atoms with E-state index in [-0.39, 0.29) is 5.97 Å². The van der Waals surface area contributed by atoms with Crippen LogP contribution in [0.15, 0.2) is 23.5 Å². The molecule has 5 nitrogen and oxygen atoms in total. The molecular weight excluding hydrogens is 196 g/mol. The zero-order valence-electron chi connectivity index (χ0n) is 8.38. The molecule has 0 spiro atoms. The summed E-state index contributed by atoms with van der Waals surface area (Å²) < 4.78 is 4.81. The van der Waals surface area contributed by atoms with Crippen LogP contribution in [0.25, 0.3) is 0 Å². The number of hydrogen-bond acceptors (Lipinski definition) is 5. The number of carbonyl (C=O) groups is 1. The minimum absolute atomic E-state index is 0.299. The molecular formula is C10H12N2O3. The van der Waals surface area contributed by atoms with E-state index in [4.69, 9.17) is 9.94 Å². The third-order valence-corrected chi connectivity index (χ3v) is 1.78. The van der Waals surface area contributed by atoms with Crippen molar-refractivity contribution in [2.45, 2.75) is 13.3 Å². The lowest BCUT2D eigenvalue weighted by molar-refractivity contribution is -0.140. The second-order valence-electron chi connectivity index (χ2n) is 2.88. The minimum Gasteiger partial charge on any atom is -0.466 e. The third-order valence-electron chi connectivity index (χ3n) is 1.78. The van der Waals surface area contributed by atoms with E-state index in [1.807, 2.05) is 6.07 Å². The third kappa shape index (κ3) is 3.76. The number of nitrogens with zero attached hydrogens (tertiary/aromatic N) is 2. The molecule has 1 N–H and O–H groups in total. The van der Waals surface area contributed by atoms with E-state index >= 15 is 0 Å². The molecule has 0 fully saturated rings. The quantitative estimate of drug-likeness (QED) is 0.346. The van der Waals surface area contributed by atoms with E-state index in [0.717, 1.165) is 5.56 Å². The van der Waals surface area contributed by atoms with Crippen LogP contribution in [0, 0.1) is 0 Å². The van der Waals surface area contributed by atoms with Crippen molar-refractivity contribution in [2.75, 3.05) is 6.61 Å². The molecule has 0 radical (unpaired) electrons. The van der Waals surface area contributed by atoms with Gasteiger partial charge in [-0.1, -0.05) is 11.2 Å². The van der Waals surface area contributed by atoms with Crippen molar-refractivity contribution in [2.24, 2.45) is 5.16 Å². The first-order valence-electron chi connectivity index (χ1n) is 4.48. The van der Waals surface area contributed by atoms with Gasteiger partial charge in [-0.15, -0.1) is 0 Å². The first kappa shape index (κ1) is 11.2. The van der Waals surface area contributed by atoms with Gasteiger partial charge in [0.2, 0.25) is 0 Å². The van der Waals surface area contributed by atoms with Crippen LogP contribution in [-0.2, 0) is 16.0 Å². The molecule has 0 aliphatic carbocycles. The smallest absolute Gasteiger partial charge is 0.302 e. The summed E-state index contributed by atoms with van der Waals surface area (Å²) in [5.74, 6) is -0.309. The molecule has 1 aromatic heterocycles. The molecule has 0 aliphatic rings. The van der Waals surface area contributed by atoms with E-state index in [1.165, 1.54) is 13.1 Å². The summed E-state index contributed by atoms with van der Waals surface area (Å²) in [5.41, 5.74) is 1.45. The number of ether oxygens (including phenoxy) is 1. The highest BCUT2D eigenvalue weighted by molar-refractivity contribution is 5.78. The molecule has 1 heterocycles. The largest absolute Gasteiger partial charge is 0.466 e. The summed E-state index contributed by atoms with van der Waals surface area (Å²) in [5, 5.41) is 11.3. The second kappa shape index (κ2) is 5.74. The summed E-state index contributed by atoms with van der Waals surface area (Å²) in [7, 11) is 0. The summed E-state index contributed by atoms with van der Waals surface area (Å²) in [4.78, 5) is 14.6. The van der Waals surface area contributed by atoms with Crippen molar-refractivity contribution in [3.05, 3.63) is 29.6 Å². The SMILES string of the molecule is CC(=O)OCCc1cccnc1C=NO. The Morgan fingerprint density at radius 2 is 2.53 bits per heavy atom. The van der Waals surface area contributed by atoms with Crippen molar-refractivity contribution in [3.63, 3.8) is 0 Å². The molecule has 0 aromatic carbocycles. The van der Waals surface area contributed by atoms with Crippen LogP contribution >= 0.6 is 0 Å².